The van der Waals surface area contributed by atoms with Crippen LogP contribution in [0.5, 0.6) is 5.75 Å². The standard InChI is InChI=1S/C14H16O2/c1-2-3-9-16-12-8-7-11-5-4-6-14(15)13(11)10-12/h1,7-8,10,14-15H,3-6,9H2/t14-/m0/s1. The van der Waals surface area contributed by atoms with Crippen LogP contribution in [0.1, 0.15) is 36.5 Å². The van der Waals surface area contributed by atoms with Gasteiger partial charge in [0.15, 0.2) is 0 Å². The molecule has 0 aliphatic heterocycles. The molecule has 0 aromatic heterocycles. The number of terminal acetylenes is 1. The van der Waals surface area contributed by atoms with Gasteiger partial charge in [0.05, 0.1) is 12.7 Å². The topological polar surface area (TPSA) is 29.5 Å². The Morgan fingerprint density at radius 1 is 1.50 bits per heavy atom. The van der Waals surface area contributed by atoms with Crippen LogP contribution in [-0.2, 0) is 6.42 Å². The fourth-order valence-corrected chi connectivity index (χ4v) is 2.07. The van der Waals surface area contributed by atoms with Crippen molar-refractivity contribution in [1.82, 2.24) is 0 Å². The van der Waals surface area contributed by atoms with Gasteiger partial charge in [0, 0.05) is 6.42 Å². The largest absolute Gasteiger partial charge is 0.493 e. The minimum Gasteiger partial charge on any atom is -0.493 e. The lowest BCUT2D eigenvalue weighted by atomic mass is 9.89. The van der Waals surface area contributed by atoms with Crippen LogP contribution in [0, 0.1) is 12.3 Å². The molecule has 16 heavy (non-hydrogen) atoms. The molecule has 0 saturated carbocycles. The van der Waals surface area contributed by atoms with E-state index in [9.17, 15) is 5.11 Å². The summed E-state index contributed by atoms with van der Waals surface area (Å²) >= 11 is 0. The lowest BCUT2D eigenvalue weighted by Gasteiger charge is -2.21. The van der Waals surface area contributed by atoms with Crippen molar-refractivity contribution < 1.29 is 9.84 Å². The minimum atomic E-state index is -0.333. The molecule has 1 aromatic carbocycles. The zero-order chi connectivity index (χ0) is 11.4. The molecule has 0 fully saturated rings. The number of aryl methyl sites for hydroxylation is 1. The fraction of sp³-hybridized carbons (Fsp3) is 0.429. The van der Waals surface area contributed by atoms with Gasteiger partial charge in [-0.15, -0.1) is 12.3 Å². The maximum Gasteiger partial charge on any atom is 0.119 e. The predicted octanol–water partition coefficient (Wildman–Crippen LogP) is 2.46. The molecule has 0 unspecified atom stereocenters. The molecule has 84 valence electrons. The van der Waals surface area contributed by atoms with E-state index in [2.05, 4.69) is 5.92 Å². The van der Waals surface area contributed by atoms with Crippen molar-refractivity contribution in [3.05, 3.63) is 29.3 Å². The van der Waals surface area contributed by atoms with Crippen molar-refractivity contribution in [1.29, 1.82) is 0 Å². The number of aliphatic hydroxyl groups excluding tert-OH is 1. The van der Waals surface area contributed by atoms with Crippen LogP contribution in [0.3, 0.4) is 0 Å². The van der Waals surface area contributed by atoms with Crippen LogP contribution in [0.2, 0.25) is 0 Å². The molecule has 0 spiro atoms. The summed E-state index contributed by atoms with van der Waals surface area (Å²) in [5.74, 6) is 3.34. The van der Waals surface area contributed by atoms with Crippen LogP contribution >= 0.6 is 0 Å². The molecule has 1 atom stereocenters. The molecule has 1 aliphatic rings. The van der Waals surface area contributed by atoms with E-state index in [-0.39, 0.29) is 6.10 Å². The molecule has 1 N–H and O–H groups in total. The number of ether oxygens (including phenoxy) is 1. The third-order valence-corrected chi connectivity index (χ3v) is 2.92. The molecule has 0 amide bonds. The number of hydrogen-bond donors (Lipinski definition) is 1. The van der Waals surface area contributed by atoms with Gasteiger partial charge in [-0.3, -0.25) is 0 Å². The molecule has 2 rings (SSSR count). The Balaban J connectivity index is 2.11. The summed E-state index contributed by atoms with van der Waals surface area (Å²) in [6, 6.07) is 5.94. The second-order valence-corrected chi connectivity index (χ2v) is 4.07. The van der Waals surface area contributed by atoms with E-state index in [0.717, 1.165) is 30.6 Å². The summed E-state index contributed by atoms with van der Waals surface area (Å²) in [5.41, 5.74) is 2.26. The fourth-order valence-electron chi connectivity index (χ4n) is 2.07. The first-order chi connectivity index (χ1) is 7.81. The number of benzene rings is 1. The smallest absolute Gasteiger partial charge is 0.119 e. The van der Waals surface area contributed by atoms with Crippen LogP contribution in [0.4, 0.5) is 0 Å². The minimum absolute atomic E-state index is 0.333. The van der Waals surface area contributed by atoms with Crippen LogP contribution in [0.15, 0.2) is 18.2 Å². The van der Waals surface area contributed by atoms with Crippen LogP contribution in [-0.4, -0.2) is 11.7 Å². The highest BCUT2D eigenvalue weighted by molar-refractivity contribution is 5.38. The highest BCUT2D eigenvalue weighted by Gasteiger charge is 2.18. The molecular weight excluding hydrogens is 200 g/mol. The van der Waals surface area contributed by atoms with E-state index in [1.807, 2.05) is 18.2 Å². The summed E-state index contributed by atoms with van der Waals surface area (Å²) in [6.07, 6.45) is 8.39. The highest BCUT2D eigenvalue weighted by Crippen LogP contribution is 2.32. The van der Waals surface area contributed by atoms with E-state index < -0.39 is 0 Å². The molecule has 1 aliphatic carbocycles. The average molecular weight is 216 g/mol. The second-order valence-electron chi connectivity index (χ2n) is 4.07. The summed E-state index contributed by atoms with van der Waals surface area (Å²) < 4.78 is 5.51. The van der Waals surface area contributed by atoms with Gasteiger partial charge in [0.2, 0.25) is 0 Å². The van der Waals surface area contributed by atoms with E-state index in [4.69, 9.17) is 11.2 Å². The molecule has 2 heteroatoms. The summed E-state index contributed by atoms with van der Waals surface area (Å²) in [6.45, 7) is 0.533. The van der Waals surface area contributed by atoms with E-state index in [0.29, 0.717) is 13.0 Å². The zero-order valence-electron chi connectivity index (χ0n) is 9.28. The van der Waals surface area contributed by atoms with E-state index in [1.54, 1.807) is 0 Å². The van der Waals surface area contributed by atoms with Gasteiger partial charge in [0.1, 0.15) is 5.75 Å². The van der Waals surface area contributed by atoms with E-state index in [1.165, 1.54) is 5.56 Å². The lowest BCUT2D eigenvalue weighted by molar-refractivity contribution is 0.156. The first-order valence-corrected chi connectivity index (χ1v) is 5.68. The third kappa shape index (κ3) is 2.37. The number of aliphatic hydroxyl groups is 1. The quantitative estimate of drug-likeness (QED) is 0.621. The van der Waals surface area contributed by atoms with Crippen molar-refractivity contribution in [3.8, 4) is 18.1 Å². The van der Waals surface area contributed by atoms with E-state index >= 15 is 0 Å². The Morgan fingerprint density at radius 2 is 2.38 bits per heavy atom. The van der Waals surface area contributed by atoms with Crippen molar-refractivity contribution in [2.75, 3.05) is 6.61 Å². The lowest BCUT2D eigenvalue weighted by Crippen LogP contribution is -2.09. The Morgan fingerprint density at radius 3 is 3.19 bits per heavy atom. The van der Waals surface area contributed by atoms with Crippen molar-refractivity contribution in [2.45, 2.75) is 31.8 Å². The zero-order valence-corrected chi connectivity index (χ0v) is 9.28. The molecule has 0 saturated heterocycles. The third-order valence-electron chi connectivity index (χ3n) is 2.92. The van der Waals surface area contributed by atoms with Crippen molar-refractivity contribution >= 4 is 0 Å². The second kappa shape index (κ2) is 5.05. The maximum absolute atomic E-state index is 9.87. The average Bonchev–Trinajstić information content (AvgIpc) is 2.30. The van der Waals surface area contributed by atoms with Gasteiger partial charge in [-0.1, -0.05) is 6.07 Å². The van der Waals surface area contributed by atoms with Crippen LogP contribution in [0.25, 0.3) is 0 Å². The summed E-state index contributed by atoms with van der Waals surface area (Å²) in [5, 5.41) is 9.87. The number of hydrogen-bond acceptors (Lipinski definition) is 2. The maximum atomic E-state index is 9.87. The van der Waals surface area contributed by atoms with Gasteiger partial charge < -0.3 is 9.84 Å². The molecule has 0 radical (unpaired) electrons. The van der Waals surface area contributed by atoms with Gasteiger partial charge in [0.25, 0.3) is 0 Å². The van der Waals surface area contributed by atoms with Crippen LogP contribution < -0.4 is 4.74 Å². The Hall–Kier alpha value is -1.46. The molecule has 1 aromatic rings. The number of rotatable bonds is 3. The normalized spacial score (nSPS) is 18.6. The summed E-state index contributed by atoms with van der Waals surface area (Å²) in [7, 11) is 0. The van der Waals surface area contributed by atoms with Crippen molar-refractivity contribution in [2.24, 2.45) is 0 Å². The summed E-state index contributed by atoms with van der Waals surface area (Å²) in [4.78, 5) is 0. The van der Waals surface area contributed by atoms with Gasteiger partial charge in [-0.05, 0) is 42.5 Å². The Bertz CT molecular complexity index is 404. The van der Waals surface area contributed by atoms with Gasteiger partial charge >= 0.3 is 0 Å². The Labute approximate surface area is 96.3 Å². The molecule has 0 heterocycles. The molecule has 0 bridgehead atoms. The molecule has 2 nitrogen and oxygen atoms in total. The van der Waals surface area contributed by atoms with Gasteiger partial charge in [-0.25, -0.2) is 0 Å². The monoisotopic (exact) mass is 216 g/mol. The predicted molar refractivity (Wildman–Crippen MR) is 63.3 cm³/mol. The molecular formula is C14H16O2. The van der Waals surface area contributed by atoms with Crippen molar-refractivity contribution in [3.63, 3.8) is 0 Å². The SMILES string of the molecule is C#CCCOc1ccc2c(c1)[C@@H](O)CCC2. The van der Waals surface area contributed by atoms with Gasteiger partial charge in [-0.2, -0.15) is 0 Å². The first-order valence-electron chi connectivity index (χ1n) is 5.68. The highest BCUT2D eigenvalue weighted by atomic mass is 16.5. The Kier molecular flexibility index (Phi) is 3.48. The number of fused-ring (bicyclic) bond motifs is 1. The first kappa shape index (κ1) is 11.0.